The number of hydrogen-bond donors (Lipinski definition) is 2. The van der Waals surface area contributed by atoms with Crippen LogP contribution in [0.4, 0.5) is 15.8 Å². The van der Waals surface area contributed by atoms with E-state index in [9.17, 15) is 9.18 Å². The van der Waals surface area contributed by atoms with Crippen LogP contribution in [0.3, 0.4) is 0 Å². The molecule has 1 amide bonds. The molecule has 0 aliphatic heterocycles. The van der Waals surface area contributed by atoms with E-state index in [2.05, 4.69) is 21.2 Å². The van der Waals surface area contributed by atoms with Crippen molar-refractivity contribution in [3.63, 3.8) is 0 Å². The molecule has 0 spiro atoms. The monoisotopic (exact) mass is 342 g/mol. The zero-order valence-corrected chi connectivity index (χ0v) is 11.9. The highest BCUT2D eigenvalue weighted by Gasteiger charge is 2.15. The molecule has 0 atom stereocenters. The van der Waals surface area contributed by atoms with Crippen molar-refractivity contribution < 1.29 is 9.18 Å². The van der Waals surface area contributed by atoms with Gasteiger partial charge in [-0.15, -0.1) is 0 Å². The molecule has 0 aromatic heterocycles. The van der Waals surface area contributed by atoms with Crippen LogP contribution in [-0.4, -0.2) is 5.91 Å². The van der Waals surface area contributed by atoms with Crippen LogP contribution < -0.4 is 11.1 Å². The van der Waals surface area contributed by atoms with Gasteiger partial charge in [-0.2, -0.15) is 0 Å². The molecule has 98 valence electrons. The third-order valence-corrected chi connectivity index (χ3v) is 3.45. The summed E-state index contributed by atoms with van der Waals surface area (Å²) in [6.45, 7) is 0. The van der Waals surface area contributed by atoms with Gasteiger partial charge >= 0.3 is 0 Å². The predicted molar refractivity (Wildman–Crippen MR) is 77.9 cm³/mol. The molecule has 2 aromatic rings. The SMILES string of the molecule is Nc1cc(NC(=O)c2c(F)cccc2Br)ccc1Cl. The number of benzene rings is 2. The van der Waals surface area contributed by atoms with Gasteiger partial charge in [0.05, 0.1) is 16.3 Å². The number of nitrogen functional groups attached to an aromatic ring is 1. The Kier molecular flexibility index (Phi) is 4.07. The maximum absolute atomic E-state index is 13.6. The second kappa shape index (κ2) is 5.59. The average Bonchev–Trinajstić information content (AvgIpc) is 2.33. The number of halogens is 3. The first-order valence-electron chi connectivity index (χ1n) is 5.29. The lowest BCUT2D eigenvalue weighted by molar-refractivity contribution is 0.102. The van der Waals surface area contributed by atoms with Crippen LogP contribution in [0.15, 0.2) is 40.9 Å². The Hall–Kier alpha value is -1.59. The molecule has 19 heavy (non-hydrogen) atoms. The van der Waals surface area contributed by atoms with Crippen molar-refractivity contribution >= 4 is 44.8 Å². The number of anilines is 2. The van der Waals surface area contributed by atoms with Crippen LogP contribution >= 0.6 is 27.5 Å². The first kappa shape index (κ1) is 13.8. The summed E-state index contributed by atoms with van der Waals surface area (Å²) < 4.78 is 14.0. The van der Waals surface area contributed by atoms with E-state index in [0.29, 0.717) is 20.9 Å². The number of nitrogens with one attached hydrogen (secondary N) is 1. The fourth-order valence-electron chi connectivity index (χ4n) is 1.53. The third kappa shape index (κ3) is 3.05. The van der Waals surface area contributed by atoms with Crippen molar-refractivity contribution in [2.45, 2.75) is 0 Å². The van der Waals surface area contributed by atoms with Gasteiger partial charge in [-0.3, -0.25) is 4.79 Å². The minimum absolute atomic E-state index is 0.0592. The maximum atomic E-state index is 13.6. The van der Waals surface area contributed by atoms with Gasteiger partial charge < -0.3 is 11.1 Å². The summed E-state index contributed by atoms with van der Waals surface area (Å²) in [6.07, 6.45) is 0. The molecule has 3 nitrogen and oxygen atoms in total. The predicted octanol–water partition coefficient (Wildman–Crippen LogP) is 4.08. The molecule has 0 bridgehead atoms. The normalized spacial score (nSPS) is 10.3. The largest absolute Gasteiger partial charge is 0.397 e. The first-order chi connectivity index (χ1) is 8.99. The highest BCUT2D eigenvalue weighted by Crippen LogP contribution is 2.24. The van der Waals surface area contributed by atoms with Crippen molar-refractivity contribution in [3.8, 4) is 0 Å². The molecule has 0 unspecified atom stereocenters. The van der Waals surface area contributed by atoms with Gasteiger partial charge in [0, 0.05) is 10.2 Å². The molecule has 0 saturated heterocycles. The summed E-state index contributed by atoms with van der Waals surface area (Å²) in [7, 11) is 0. The molecule has 0 radical (unpaired) electrons. The van der Waals surface area contributed by atoms with Gasteiger partial charge in [-0.25, -0.2) is 4.39 Å². The second-order valence-corrected chi connectivity index (χ2v) is 5.05. The summed E-state index contributed by atoms with van der Waals surface area (Å²) in [5.41, 5.74) is 6.36. The molecule has 0 saturated carbocycles. The van der Waals surface area contributed by atoms with Crippen molar-refractivity contribution in [3.05, 3.63) is 57.3 Å². The molecule has 3 N–H and O–H groups in total. The van der Waals surface area contributed by atoms with Crippen LogP contribution in [0.2, 0.25) is 5.02 Å². The summed E-state index contributed by atoms with van der Waals surface area (Å²) >= 11 is 8.92. The fraction of sp³-hybridized carbons (Fsp3) is 0. The van der Waals surface area contributed by atoms with Crippen molar-refractivity contribution in [1.29, 1.82) is 0 Å². The Morgan fingerprint density at radius 1 is 1.32 bits per heavy atom. The average molecular weight is 344 g/mol. The maximum Gasteiger partial charge on any atom is 0.259 e. The second-order valence-electron chi connectivity index (χ2n) is 3.79. The molecular weight excluding hydrogens is 335 g/mol. The van der Waals surface area contributed by atoms with E-state index in [0.717, 1.165) is 0 Å². The smallest absolute Gasteiger partial charge is 0.259 e. The Labute approximate surface area is 122 Å². The summed E-state index contributed by atoms with van der Waals surface area (Å²) in [5, 5.41) is 2.95. The number of nitrogens with two attached hydrogens (primary N) is 1. The third-order valence-electron chi connectivity index (χ3n) is 2.44. The topological polar surface area (TPSA) is 55.1 Å². The van der Waals surface area contributed by atoms with E-state index in [-0.39, 0.29) is 5.56 Å². The van der Waals surface area contributed by atoms with Gasteiger partial charge in [0.25, 0.3) is 5.91 Å². The Bertz CT molecular complexity index is 628. The van der Waals surface area contributed by atoms with Crippen LogP contribution in [0.1, 0.15) is 10.4 Å². The van der Waals surface area contributed by atoms with Gasteiger partial charge in [0.15, 0.2) is 0 Å². The molecular formula is C13H9BrClFN2O. The Morgan fingerprint density at radius 3 is 2.68 bits per heavy atom. The molecule has 0 aliphatic rings. The van der Waals surface area contributed by atoms with Crippen LogP contribution in [0.5, 0.6) is 0 Å². The van der Waals surface area contributed by atoms with Gasteiger partial charge in [-0.05, 0) is 46.3 Å². The summed E-state index contributed by atoms with van der Waals surface area (Å²) in [4.78, 5) is 12.0. The Morgan fingerprint density at radius 2 is 2.05 bits per heavy atom. The minimum atomic E-state index is -0.603. The van der Waals surface area contributed by atoms with Gasteiger partial charge in [0.1, 0.15) is 5.82 Å². The highest BCUT2D eigenvalue weighted by atomic mass is 79.9. The van der Waals surface area contributed by atoms with Crippen LogP contribution in [0.25, 0.3) is 0 Å². The fourth-order valence-corrected chi connectivity index (χ4v) is 2.17. The van der Waals surface area contributed by atoms with Crippen molar-refractivity contribution in [1.82, 2.24) is 0 Å². The number of carbonyl (C=O) groups is 1. The van der Waals surface area contributed by atoms with Crippen LogP contribution in [-0.2, 0) is 0 Å². The number of amides is 1. The number of rotatable bonds is 2. The molecule has 0 fully saturated rings. The molecule has 2 aromatic carbocycles. The van der Waals surface area contributed by atoms with E-state index >= 15 is 0 Å². The summed E-state index contributed by atoms with van der Waals surface area (Å²) in [5.74, 6) is -1.17. The van der Waals surface area contributed by atoms with Gasteiger partial charge in [0.2, 0.25) is 0 Å². The van der Waals surface area contributed by atoms with Gasteiger partial charge in [-0.1, -0.05) is 17.7 Å². The molecule has 6 heteroatoms. The van der Waals surface area contributed by atoms with E-state index < -0.39 is 11.7 Å². The molecule has 2 rings (SSSR count). The zero-order chi connectivity index (χ0) is 14.0. The standard InChI is InChI=1S/C13H9BrClFN2O/c14-8-2-1-3-10(16)12(8)13(19)18-7-4-5-9(15)11(17)6-7/h1-6H,17H2,(H,18,19). The van der Waals surface area contributed by atoms with Crippen molar-refractivity contribution in [2.75, 3.05) is 11.1 Å². The number of hydrogen-bond acceptors (Lipinski definition) is 2. The molecule has 0 aliphatic carbocycles. The lowest BCUT2D eigenvalue weighted by Crippen LogP contribution is -2.14. The van der Waals surface area contributed by atoms with E-state index in [1.165, 1.54) is 18.2 Å². The quantitative estimate of drug-likeness (QED) is 0.807. The van der Waals surface area contributed by atoms with Crippen molar-refractivity contribution in [2.24, 2.45) is 0 Å². The lowest BCUT2D eigenvalue weighted by Gasteiger charge is -2.09. The first-order valence-corrected chi connectivity index (χ1v) is 6.46. The van der Waals surface area contributed by atoms with E-state index in [1.54, 1.807) is 18.2 Å². The molecule has 0 heterocycles. The minimum Gasteiger partial charge on any atom is -0.397 e. The lowest BCUT2D eigenvalue weighted by atomic mass is 10.2. The summed E-state index contributed by atoms with van der Waals surface area (Å²) in [6, 6.07) is 8.98. The van der Waals surface area contributed by atoms with E-state index in [1.807, 2.05) is 0 Å². The number of carbonyl (C=O) groups excluding carboxylic acids is 1. The Balaban J connectivity index is 2.28. The van der Waals surface area contributed by atoms with Crippen LogP contribution in [0, 0.1) is 5.82 Å². The zero-order valence-electron chi connectivity index (χ0n) is 9.58. The van der Waals surface area contributed by atoms with E-state index in [4.69, 9.17) is 17.3 Å². The highest BCUT2D eigenvalue weighted by molar-refractivity contribution is 9.10.